The molecular formula is C13H16N4S. The van der Waals surface area contributed by atoms with Crippen molar-refractivity contribution >= 4 is 18.4 Å². The summed E-state index contributed by atoms with van der Waals surface area (Å²) in [5.41, 5.74) is 3.54. The van der Waals surface area contributed by atoms with Gasteiger partial charge in [-0.1, -0.05) is 30.7 Å². The lowest BCUT2D eigenvalue weighted by molar-refractivity contribution is 0.780. The Morgan fingerprint density at radius 1 is 1.44 bits per heavy atom. The van der Waals surface area contributed by atoms with Crippen LogP contribution in [0.3, 0.4) is 0 Å². The topological polar surface area (TPSA) is 46.0 Å². The van der Waals surface area contributed by atoms with Crippen molar-refractivity contribution in [3.63, 3.8) is 0 Å². The van der Waals surface area contributed by atoms with Crippen LogP contribution < -0.4 is 0 Å². The minimum Gasteiger partial charge on any atom is -0.250 e. The van der Waals surface area contributed by atoms with Crippen LogP contribution in [0.25, 0.3) is 0 Å². The van der Waals surface area contributed by atoms with Crippen molar-refractivity contribution in [3.05, 3.63) is 45.5 Å². The van der Waals surface area contributed by atoms with Crippen LogP contribution in [0.1, 0.15) is 29.4 Å². The van der Waals surface area contributed by atoms with Crippen molar-refractivity contribution in [1.82, 2.24) is 14.9 Å². The van der Waals surface area contributed by atoms with E-state index < -0.39 is 0 Å². The highest BCUT2D eigenvalue weighted by Gasteiger charge is 2.01. The second-order valence-electron chi connectivity index (χ2n) is 4.21. The number of aromatic amines is 1. The standard InChI is InChI=1S/C13H16N4S/c1-4-12-15-16-13(18)17(12)14-8-11-6-5-9(2)7-10(11)3/h5-8H,4H2,1-3H3,(H,16,18)/b14-8+. The van der Waals surface area contributed by atoms with Crippen molar-refractivity contribution in [2.45, 2.75) is 27.2 Å². The molecule has 0 aliphatic carbocycles. The molecule has 94 valence electrons. The lowest BCUT2D eigenvalue weighted by Gasteiger charge is -2.01. The van der Waals surface area contributed by atoms with Crippen LogP contribution in [0.15, 0.2) is 23.3 Å². The molecule has 1 heterocycles. The second-order valence-corrected chi connectivity index (χ2v) is 4.60. The van der Waals surface area contributed by atoms with E-state index in [1.54, 1.807) is 4.68 Å². The van der Waals surface area contributed by atoms with Crippen LogP contribution in [-0.4, -0.2) is 21.1 Å². The van der Waals surface area contributed by atoms with E-state index in [-0.39, 0.29) is 0 Å². The first-order chi connectivity index (χ1) is 8.61. The molecule has 0 aliphatic rings. The van der Waals surface area contributed by atoms with E-state index in [1.807, 2.05) is 13.1 Å². The molecule has 0 spiro atoms. The maximum Gasteiger partial charge on any atom is 0.216 e. The number of nitrogens with one attached hydrogen (secondary N) is 1. The first-order valence-electron chi connectivity index (χ1n) is 5.89. The molecule has 4 nitrogen and oxygen atoms in total. The summed E-state index contributed by atoms with van der Waals surface area (Å²) < 4.78 is 2.18. The van der Waals surface area contributed by atoms with E-state index in [4.69, 9.17) is 12.2 Å². The van der Waals surface area contributed by atoms with Gasteiger partial charge in [0.05, 0.1) is 6.21 Å². The smallest absolute Gasteiger partial charge is 0.216 e. The lowest BCUT2D eigenvalue weighted by atomic mass is 10.1. The molecule has 5 heteroatoms. The summed E-state index contributed by atoms with van der Waals surface area (Å²) >= 11 is 5.14. The van der Waals surface area contributed by atoms with Gasteiger partial charge in [0.2, 0.25) is 4.77 Å². The largest absolute Gasteiger partial charge is 0.250 e. The van der Waals surface area contributed by atoms with E-state index >= 15 is 0 Å². The number of benzene rings is 1. The summed E-state index contributed by atoms with van der Waals surface area (Å²) in [6.07, 6.45) is 2.61. The molecule has 18 heavy (non-hydrogen) atoms. The van der Waals surface area contributed by atoms with E-state index in [2.05, 4.69) is 47.3 Å². The first kappa shape index (κ1) is 12.7. The van der Waals surface area contributed by atoms with Crippen molar-refractivity contribution < 1.29 is 0 Å². The van der Waals surface area contributed by atoms with Crippen LogP contribution in [-0.2, 0) is 6.42 Å². The van der Waals surface area contributed by atoms with Gasteiger partial charge in [0.25, 0.3) is 0 Å². The third kappa shape index (κ3) is 2.56. The Bertz CT molecular complexity index is 637. The Morgan fingerprint density at radius 2 is 2.22 bits per heavy atom. The van der Waals surface area contributed by atoms with Crippen molar-refractivity contribution in [1.29, 1.82) is 0 Å². The first-order valence-corrected chi connectivity index (χ1v) is 6.30. The average molecular weight is 260 g/mol. The van der Waals surface area contributed by atoms with Gasteiger partial charge in [0, 0.05) is 6.42 Å². The third-order valence-electron chi connectivity index (χ3n) is 2.77. The molecule has 0 saturated carbocycles. The van der Waals surface area contributed by atoms with Gasteiger partial charge >= 0.3 is 0 Å². The van der Waals surface area contributed by atoms with Crippen LogP contribution >= 0.6 is 12.2 Å². The number of rotatable bonds is 3. The Balaban J connectivity index is 2.35. The van der Waals surface area contributed by atoms with Gasteiger partial charge in [-0.25, -0.2) is 0 Å². The third-order valence-corrected chi connectivity index (χ3v) is 3.04. The molecule has 1 aromatic heterocycles. The van der Waals surface area contributed by atoms with Gasteiger partial charge in [-0.15, -0.1) is 0 Å². The predicted molar refractivity (Wildman–Crippen MR) is 75.7 cm³/mol. The fourth-order valence-electron chi connectivity index (χ4n) is 1.76. The van der Waals surface area contributed by atoms with Crippen molar-refractivity contribution in [2.24, 2.45) is 5.10 Å². The number of nitrogens with zero attached hydrogens (tertiary/aromatic N) is 3. The Labute approximate surface area is 111 Å². The molecule has 0 radical (unpaired) electrons. The molecule has 0 saturated heterocycles. The minimum atomic E-state index is 0.521. The van der Waals surface area contributed by atoms with Crippen LogP contribution in [0.5, 0.6) is 0 Å². The summed E-state index contributed by atoms with van der Waals surface area (Å²) in [6.45, 7) is 6.17. The maximum absolute atomic E-state index is 5.14. The van der Waals surface area contributed by atoms with E-state index in [9.17, 15) is 0 Å². The molecule has 1 aromatic carbocycles. The van der Waals surface area contributed by atoms with Crippen molar-refractivity contribution in [3.8, 4) is 0 Å². The van der Waals surface area contributed by atoms with E-state index in [1.165, 1.54) is 11.1 Å². The Hall–Kier alpha value is -1.75. The Morgan fingerprint density at radius 3 is 2.89 bits per heavy atom. The summed E-state index contributed by atoms with van der Waals surface area (Å²) in [5, 5.41) is 11.3. The number of aryl methyl sites for hydroxylation is 3. The normalized spacial score (nSPS) is 11.3. The number of aromatic nitrogens is 3. The van der Waals surface area contributed by atoms with Gasteiger partial charge in [-0.3, -0.25) is 5.10 Å². The molecule has 0 unspecified atom stereocenters. The molecule has 0 aliphatic heterocycles. The van der Waals surface area contributed by atoms with Gasteiger partial charge in [0.1, 0.15) is 0 Å². The SMILES string of the molecule is CCc1n[nH]c(=S)n1/N=C/c1ccc(C)cc1C. The predicted octanol–water partition coefficient (Wildman–Crippen LogP) is 3.00. The zero-order valence-corrected chi connectivity index (χ0v) is 11.6. The zero-order chi connectivity index (χ0) is 13.1. The summed E-state index contributed by atoms with van der Waals surface area (Å²) in [6, 6.07) is 6.27. The molecule has 0 bridgehead atoms. The zero-order valence-electron chi connectivity index (χ0n) is 10.8. The van der Waals surface area contributed by atoms with E-state index in [0.29, 0.717) is 4.77 Å². The van der Waals surface area contributed by atoms with Crippen LogP contribution in [0, 0.1) is 18.6 Å². The summed E-state index contributed by atoms with van der Waals surface area (Å²) in [4.78, 5) is 0. The molecule has 0 fully saturated rings. The number of hydrogen-bond acceptors (Lipinski definition) is 3. The molecule has 0 atom stereocenters. The molecule has 0 amide bonds. The molecule has 1 N–H and O–H groups in total. The Kier molecular flexibility index (Phi) is 3.72. The van der Waals surface area contributed by atoms with Gasteiger partial charge in [0.15, 0.2) is 5.82 Å². The van der Waals surface area contributed by atoms with E-state index in [0.717, 1.165) is 17.8 Å². The minimum absolute atomic E-state index is 0.521. The van der Waals surface area contributed by atoms with Crippen LogP contribution in [0.2, 0.25) is 0 Å². The fourth-order valence-corrected chi connectivity index (χ4v) is 1.96. The molecule has 2 aromatic rings. The van der Waals surface area contributed by atoms with Gasteiger partial charge in [-0.2, -0.15) is 14.9 Å². The number of hydrogen-bond donors (Lipinski definition) is 1. The maximum atomic E-state index is 5.14. The monoisotopic (exact) mass is 260 g/mol. The second kappa shape index (κ2) is 5.27. The highest BCUT2D eigenvalue weighted by Crippen LogP contribution is 2.08. The summed E-state index contributed by atoms with van der Waals surface area (Å²) in [5.74, 6) is 0.834. The lowest BCUT2D eigenvalue weighted by Crippen LogP contribution is -1.98. The van der Waals surface area contributed by atoms with Gasteiger partial charge in [-0.05, 0) is 37.2 Å². The average Bonchev–Trinajstić information content (AvgIpc) is 2.69. The van der Waals surface area contributed by atoms with Crippen LogP contribution in [0.4, 0.5) is 0 Å². The molecule has 2 rings (SSSR count). The summed E-state index contributed by atoms with van der Waals surface area (Å²) in [7, 11) is 0. The molecular weight excluding hydrogens is 244 g/mol. The fraction of sp³-hybridized carbons (Fsp3) is 0.308. The highest BCUT2D eigenvalue weighted by atomic mass is 32.1. The number of H-pyrrole nitrogens is 1. The van der Waals surface area contributed by atoms with Gasteiger partial charge < -0.3 is 0 Å². The quantitative estimate of drug-likeness (QED) is 0.681. The van der Waals surface area contributed by atoms with Crippen molar-refractivity contribution in [2.75, 3.05) is 0 Å². The highest BCUT2D eigenvalue weighted by molar-refractivity contribution is 7.71.